The summed E-state index contributed by atoms with van der Waals surface area (Å²) in [6, 6.07) is 0. The van der Waals surface area contributed by atoms with E-state index in [0.29, 0.717) is 6.54 Å². The third kappa shape index (κ3) is 2.50. The van der Waals surface area contributed by atoms with Gasteiger partial charge in [0.2, 0.25) is 0 Å². The van der Waals surface area contributed by atoms with Crippen LogP contribution in [0.15, 0.2) is 24.9 Å². The Hall–Kier alpha value is -1.62. The van der Waals surface area contributed by atoms with Crippen LogP contribution in [0.1, 0.15) is 40.0 Å². The van der Waals surface area contributed by atoms with Gasteiger partial charge in [0, 0.05) is 24.8 Å². The molecule has 0 aliphatic rings. The molecule has 2 rings (SSSR count). The van der Waals surface area contributed by atoms with Crippen LogP contribution in [0.3, 0.4) is 0 Å². The maximum atomic E-state index is 6.05. The topological polar surface area (TPSA) is 61.7 Å². The molecule has 0 spiro atoms. The van der Waals surface area contributed by atoms with E-state index in [1.807, 2.05) is 23.4 Å². The zero-order valence-electron chi connectivity index (χ0n) is 12.7. The highest BCUT2D eigenvalue weighted by atomic mass is 15.3. The Bertz CT molecular complexity index is 528. The van der Waals surface area contributed by atoms with Crippen LogP contribution in [0.4, 0.5) is 0 Å². The van der Waals surface area contributed by atoms with Gasteiger partial charge >= 0.3 is 0 Å². The summed E-state index contributed by atoms with van der Waals surface area (Å²) in [5.74, 6) is 0. The van der Waals surface area contributed by atoms with E-state index in [4.69, 9.17) is 5.73 Å². The number of aryl methyl sites for hydroxylation is 1. The molecule has 0 amide bonds. The molecule has 0 aliphatic carbocycles. The molecular weight excluding hydrogens is 250 g/mol. The van der Waals surface area contributed by atoms with E-state index in [9.17, 15) is 0 Å². The third-order valence-electron chi connectivity index (χ3n) is 4.23. The zero-order valence-corrected chi connectivity index (χ0v) is 12.7. The monoisotopic (exact) mass is 275 g/mol. The Balaban J connectivity index is 2.41. The van der Waals surface area contributed by atoms with Crippen LogP contribution >= 0.6 is 0 Å². The van der Waals surface area contributed by atoms with Crippen LogP contribution < -0.4 is 5.73 Å². The smallest absolute Gasteiger partial charge is 0.0956 e. The van der Waals surface area contributed by atoms with Crippen molar-refractivity contribution >= 4 is 0 Å². The molecule has 2 heterocycles. The lowest BCUT2D eigenvalue weighted by molar-refractivity contribution is 0.274. The maximum Gasteiger partial charge on any atom is 0.0956 e. The van der Waals surface area contributed by atoms with Crippen molar-refractivity contribution < 1.29 is 0 Å². The highest BCUT2D eigenvalue weighted by Gasteiger charge is 2.28. The normalized spacial score (nSPS) is 12.0. The fourth-order valence-electron chi connectivity index (χ4n) is 2.71. The molecule has 0 bridgehead atoms. The summed E-state index contributed by atoms with van der Waals surface area (Å²) in [6.45, 7) is 8.07. The van der Waals surface area contributed by atoms with Gasteiger partial charge in [-0.3, -0.25) is 4.68 Å². The predicted octanol–water partition coefficient (Wildman–Crippen LogP) is 2.63. The number of nitrogens with zero attached hydrogens (tertiary/aromatic N) is 4. The van der Waals surface area contributed by atoms with Crippen molar-refractivity contribution in [3.8, 4) is 11.3 Å². The van der Waals surface area contributed by atoms with Crippen LogP contribution in [0.5, 0.6) is 0 Å². The van der Waals surface area contributed by atoms with Crippen molar-refractivity contribution in [3.63, 3.8) is 0 Å². The van der Waals surface area contributed by atoms with Gasteiger partial charge in [-0.15, -0.1) is 0 Å². The second-order valence-corrected chi connectivity index (χ2v) is 5.28. The van der Waals surface area contributed by atoms with Crippen LogP contribution in [0.2, 0.25) is 0 Å². The summed E-state index contributed by atoms with van der Waals surface area (Å²) in [4.78, 5) is 4.33. The first-order valence-corrected chi connectivity index (χ1v) is 7.46. The Morgan fingerprint density at radius 3 is 2.55 bits per heavy atom. The number of hydrogen-bond acceptors (Lipinski definition) is 3. The average molecular weight is 275 g/mol. The van der Waals surface area contributed by atoms with Gasteiger partial charge in [0.25, 0.3) is 0 Å². The lowest BCUT2D eigenvalue weighted by Crippen LogP contribution is -2.40. The molecule has 20 heavy (non-hydrogen) atoms. The third-order valence-corrected chi connectivity index (χ3v) is 4.23. The molecule has 2 N–H and O–H groups in total. The molecule has 0 saturated heterocycles. The summed E-state index contributed by atoms with van der Waals surface area (Å²) < 4.78 is 4.20. The first-order valence-electron chi connectivity index (χ1n) is 7.46. The van der Waals surface area contributed by atoms with Gasteiger partial charge in [0.15, 0.2) is 0 Å². The number of imidazole rings is 1. The van der Waals surface area contributed by atoms with Crippen molar-refractivity contribution in [2.24, 2.45) is 5.73 Å². The lowest BCUT2D eigenvalue weighted by atomic mass is 9.92. The molecule has 0 aliphatic heterocycles. The summed E-state index contributed by atoms with van der Waals surface area (Å²) >= 11 is 0. The summed E-state index contributed by atoms with van der Waals surface area (Å²) in [5.41, 5.74) is 8.20. The highest BCUT2D eigenvalue weighted by molar-refractivity contribution is 5.57. The minimum absolute atomic E-state index is 0.0569. The van der Waals surface area contributed by atoms with Gasteiger partial charge in [-0.1, -0.05) is 20.8 Å². The molecule has 0 saturated carbocycles. The van der Waals surface area contributed by atoms with E-state index in [0.717, 1.165) is 37.1 Å². The molecule has 0 atom stereocenters. The average Bonchev–Trinajstić information content (AvgIpc) is 3.11. The van der Waals surface area contributed by atoms with Crippen molar-refractivity contribution in [3.05, 3.63) is 24.9 Å². The van der Waals surface area contributed by atoms with E-state index < -0.39 is 0 Å². The Kier molecular flexibility index (Phi) is 4.60. The fourth-order valence-corrected chi connectivity index (χ4v) is 2.71. The Morgan fingerprint density at radius 1 is 1.20 bits per heavy atom. The van der Waals surface area contributed by atoms with E-state index in [1.165, 1.54) is 0 Å². The van der Waals surface area contributed by atoms with Crippen LogP contribution in [0.25, 0.3) is 11.3 Å². The standard InChI is InChI=1S/C15H25N5/c1-4-7-19-10-13(8-18-19)14-9-17-12-20(14)15(5-2,6-3)11-16/h8-10,12H,4-7,11,16H2,1-3H3. The van der Waals surface area contributed by atoms with E-state index >= 15 is 0 Å². The molecule has 2 aromatic rings. The minimum Gasteiger partial charge on any atom is -0.328 e. The molecule has 5 nitrogen and oxygen atoms in total. The van der Waals surface area contributed by atoms with Crippen molar-refractivity contribution in [1.82, 2.24) is 19.3 Å². The first-order chi connectivity index (χ1) is 9.70. The molecule has 0 unspecified atom stereocenters. The number of hydrogen-bond donors (Lipinski definition) is 1. The van der Waals surface area contributed by atoms with Crippen molar-refractivity contribution in [2.75, 3.05) is 6.54 Å². The largest absolute Gasteiger partial charge is 0.328 e. The minimum atomic E-state index is -0.0569. The van der Waals surface area contributed by atoms with E-state index in [-0.39, 0.29) is 5.54 Å². The zero-order chi connectivity index (χ0) is 14.6. The van der Waals surface area contributed by atoms with E-state index in [2.05, 4.69) is 41.6 Å². The van der Waals surface area contributed by atoms with Gasteiger partial charge in [-0.05, 0) is 19.3 Å². The second kappa shape index (κ2) is 6.22. The number of rotatable bonds is 7. The molecule has 5 heteroatoms. The summed E-state index contributed by atoms with van der Waals surface area (Å²) in [6.07, 6.45) is 10.9. The molecule has 0 aromatic carbocycles. The van der Waals surface area contributed by atoms with Crippen molar-refractivity contribution in [2.45, 2.75) is 52.1 Å². The maximum absolute atomic E-state index is 6.05. The quantitative estimate of drug-likeness (QED) is 0.845. The Labute approximate surface area is 120 Å². The summed E-state index contributed by atoms with van der Waals surface area (Å²) in [5, 5.41) is 4.41. The van der Waals surface area contributed by atoms with Crippen molar-refractivity contribution in [1.29, 1.82) is 0 Å². The van der Waals surface area contributed by atoms with Crippen LogP contribution in [0, 0.1) is 0 Å². The van der Waals surface area contributed by atoms with Crippen LogP contribution in [-0.4, -0.2) is 25.9 Å². The van der Waals surface area contributed by atoms with Gasteiger partial charge < -0.3 is 10.3 Å². The van der Waals surface area contributed by atoms with Crippen LogP contribution in [-0.2, 0) is 12.1 Å². The highest BCUT2D eigenvalue weighted by Crippen LogP contribution is 2.30. The number of aromatic nitrogens is 4. The van der Waals surface area contributed by atoms with Gasteiger partial charge in [-0.2, -0.15) is 5.10 Å². The van der Waals surface area contributed by atoms with Gasteiger partial charge in [0.05, 0.1) is 30.0 Å². The summed E-state index contributed by atoms with van der Waals surface area (Å²) in [7, 11) is 0. The second-order valence-electron chi connectivity index (χ2n) is 5.28. The van der Waals surface area contributed by atoms with E-state index in [1.54, 1.807) is 0 Å². The molecular formula is C15H25N5. The van der Waals surface area contributed by atoms with Gasteiger partial charge in [-0.25, -0.2) is 4.98 Å². The lowest BCUT2D eigenvalue weighted by Gasteiger charge is -2.33. The SMILES string of the molecule is CCCn1cc(-c2cncn2C(CC)(CC)CN)cn1. The fraction of sp³-hybridized carbons (Fsp3) is 0.600. The molecule has 2 aromatic heterocycles. The molecule has 110 valence electrons. The molecule has 0 radical (unpaired) electrons. The first kappa shape index (κ1) is 14.8. The molecule has 0 fully saturated rings. The predicted molar refractivity (Wildman–Crippen MR) is 81.3 cm³/mol. The van der Waals surface area contributed by atoms with Gasteiger partial charge in [0.1, 0.15) is 0 Å². The number of nitrogens with two attached hydrogens (primary N) is 1. The Morgan fingerprint density at radius 2 is 1.95 bits per heavy atom.